The lowest BCUT2D eigenvalue weighted by Gasteiger charge is -2.31. The molecule has 3 N–H and O–H groups in total. The van der Waals surface area contributed by atoms with Gasteiger partial charge < -0.3 is 15.5 Å². The maximum atomic E-state index is 9.55. The molecule has 1 aromatic rings. The van der Waals surface area contributed by atoms with E-state index in [9.17, 15) is 10.2 Å². The Hall–Kier alpha value is -0.900. The minimum Gasteiger partial charge on any atom is -0.396 e. The standard InChI is InChI=1S/C16H27NO2/c1-3-16(4-2,13-19)12-17-15(11-18)10-14-8-6-5-7-9-14/h5-9,15,17-19H,3-4,10-13H2,1-2H3/t15-/m0/s1. The van der Waals surface area contributed by atoms with Gasteiger partial charge in [-0.05, 0) is 24.8 Å². The van der Waals surface area contributed by atoms with Crippen LogP contribution in [0.2, 0.25) is 0 Å². The van der Waals surface area contributed by atoms with Gasteiger partial charge in [0, 0.05) is 24.6 Å². The summed E-state index contributed by atoms with van der Waals surface area (Å²) in [4.78, 5) is 0. The van der Waals surface area contributed by atoms with Gasteiger partial charge in [0.15, 0.2) is 0 Å². The molecule has 0 radical (unpaired) electrons. The fourth-order valence-corrected chi connectivity index (χ4v) is 2.24. The lowest BCUT2D eigenvalue weighted by Crippen LogP contribution is -2.43. The van der Waals surface area contributed by atoms with E-state index in [-0.39, 0.29) is 24.7 Å². The van der Waals surface area contributed by atoms with Crippen LogP contribution in [0.15, 0.2) is 30.3 Å². The van der Waals surface area contributed by atoms with Gasteiger partial charge in [-0.1, -0.05) is 44.2 Å². The number of nitrogens with one attached hydrogen (secondary N) is 1. The van der Waals surface area contributed by atoms with Crippen molar-refractivity contribution in [3.63, 3.8) is 0 Å². The van der Waals surface area contributed by atoms with E-state index < -0.39 is 0 Å². The van der Waals surface area contributed by atoms with Crippen molar-refractivity contribution in [3.05, 3.63) is 35.9 Å². The highest BCUT2D eigenvalue weighted by Crippen LogP contribution is 2.24. The van der Waals surface area contributed by atoms with Crippen molar-refractivity contribution in [2.75, 3.05) is 19.8 Å². The summed E-state index contributed by atoms with van der Waals surface area (Å²) in [7, 11) is 0. The Morgan fingerprint density at radius 2 is 1.74 bits per heavy atom. The Morgan fingerprint density at radius 3 is 2.21 bits per heavy atom. The zero-order valence-electron chi connectivity index (χ0n) is 12.1. The van der Waals surface area contributed by atoms with Crippen molar-refractivity contribution in [1.82, 2.24) is 5.32 Å². The first-order valence-corrected chi connectivity index (χ1v) is 7.18. The maximum absolute atomic E-state index is 9.55. The Labute approximate surface area is 116 Å². The number of benzene rings is 1. The van der Waals surface area contributed by atoms with Crippen LogP contribution in [0.1, 0.15) is 32.3 Å². The van der Waals surface area contributed by atoms with Gasteiger partial charge >= 0.3 is 0 Å². The summed E-state index contributed by atoms with van der Waals surface area (Å²) in [6, 6.07) is 10.2. The van der Waals surface area contributed by atoms with E-state index in [4.69, 9.17) is 0 Å². The summed E-state index contributed by atoms with van der Waals surface area (Å²) in [5.41, 5.74) is 1.15. The molecule has 0 aliphatic rings. The fraction of sp³-hybridized carbons (Fsp3) is 0.625. The molecule has 0 aliphatic heterocycles. The summed E-state index contributed by atoms with van der Waals surface area (Å²) in [6.07, 6.45) is 2.69. The summed E-state index contributed by atoms with van der Waals surface area (Å²) >= 11 is 0. The van der Waals surface area contributed by atoms with Gasteiger partial charge in [-0.2, -0.15) is 0 Å². The zero-order chi connectivity index (χ0) is 14.1. The van der Waals surface area contributed by atoms with Gasteiger partial charge in [-0.3, -0.25) is 0 Å². The number of hydrogen-bond donors (Lipinski definition) is 3. The highest BCUT2D eigenvalue weighted by atomic mass is 16.3. The van der Waals surface area contributed by atoms with Crippen molar-refractivity contribution < 1.29 is 10.2 Å². The molecule has 108 valence electrons. The molecule has 0 spiro atoms. The molecular weight excluding hydrogens is 238 g/mol. The van der Waals surface area contributed by atoms with Crippen LogP contribution in [-0.2, 0) is 6.42 Å². The van der Waals surface area contributed by atoms with E-state index in [1.807, 2.05) is 18.2 Å². The van der Waals surface area contributed by atoms with Crippen LogP contribution in [0.5, 0.6) is 0 Å². The largest absolute Gasteiger partial charge is 0.396 e. The predicted molar refractivity (Wildman–Crippen MR) is 79.1 cm³/mol. The molecule has 0 fully saturated rings. The molecule has 0 unspecified atom stereocenters. The lowest BCUT2D eigenvalue weighted by molar-refractivity contribution is 0.105. The third kappa shape index (κ3) is 4.94. The second-order valence-corrected chi connectivity index (χ2v) is 5.32. The molecule has 0 aliphatic carbocycles. The zero-order valence-corrected chi connectivity index (χ0v) is 12.1. The number of rotatable bonds is 9. The minimum absolute atomic E-state index is 0.0476. The van der Waals surface area contributed by atoms with Crippen molar-refractivity contribution in [3.8, 4) is 0 Å². The van der Waals surface area contributed by atoms with E-state index in [2.05, 4.69) is 31.3 Å². The summed E-state index contributed by atoms with van der Waals surface area (Å²) < 4.78 is 0. The Balaban J connectivity index is 2.53. The SMILES string of the molecule is CCC(CC)(CO)CN[C@H](CO)Cc1ccccc1. The molecule has 3 heteroatoms. The fourth-order valence-electron chi connectivity index (χ4n) is 2.24. The molecule has 0 amide bonds. The topological polar surface area (TPSA) is 52.5 Å². The molecule has 0 heterocycles. The first kappa shape index (κ1) is 16.2. The van der Waals surface area contributed by atoms with Crippen molar-refractivity contribution >= 4 is 0 Å². The van der Waals surface area contributed by atoms with E-state index in [1.165, 1.54) is 5.56 Å². The van der Waals surface area contributed by atoms with Crippen LogP contribution in [0.4, 0.5) is 0 Å². The molecule has 0 bridgehead atoms. The van der Waals surface area contributed by atoms with E-state index in [0.29, 0.717) is 0 Å². The molecule has 0 saturated heterocycles. The predicted octanol–water partition coefficient (Wildman–Crippen LogP) is 1.98. The first-order chi connectivity index (χ1) is 9.19. The van der Waals surface area contributed by atoms with Crippen molar-refractivity contribution in [2.45, 2.75) is 39.2 Å². The molecular formula is C16H27NO2. The summed E-state index contributed by atoms with van der Waals surface area (Å²) in [5.74, 6) is 0. The summed E-state index contributed by atoms with van der Waals surface area (Å²) in [6.45, 7) is 5.26. The highest BCUT2D eigenvalue weighted by Gasteiger charge is 2.25. The Morgan fingerprint density at radius 1 is 1.11 bits per heavy atom. The second-order valence-electron chi connectivity index (χ2n) is 5.32. The van der Waals surface area contributed by atoms with Crippen LogP contribution in [0.3, 0.4) is 0 Å². The van der Waals surface area contributed by atoms with E-state index in [1.54, 1.807) is 0 Å². The first-order valence-electron chi connectivity index (χ1n) is 7.18. The number of aliphatic hydroxyl groups excluding tert-OH is 2. The highest BCUT2D eigenvalue weighted by molar-refractivity contribution is 5.15. The van der Waals surface area contributed by atoms with Crippen LogP contribution in [-0.4, -0.2) is 36.0 Å². The average Bonchev–Trinajstić information content (AvgIpc) is 2.49. The molecule has 1 aromatic carbocycles. The second kappa shape index (κ2) is 8.31. The third-order valence-corrected chi connectivity index (χ3v) is 4.15. The molecule has 1 atom stereocenters. The minimum atomic E-state index is -0.0654. The maximum Gasteiger partial charge on any atom is 0.0587 e. The summed E-state index contributed by atoms with van der Waals surface area (Å²) in [5, 5.41) is 22.4. The van der Waals surface area contributed by atoms with Gasteiger partial charge in [0.1, 0.15) is 0 Å². The average molecular weight is 265 g/mol. The monoisotopic (exact) mass is 265 g/mol. The molecule has 3 nitrogen and oxygen atoms in total. The molecule has 1 rings (SSSR count). The van der Waals surface area contributed by atoms with Crippen molar-refractivity contribution in [1.29, 1.82) is 0 Å². The molecule has 19 heavy (non-hydrogen) atoms. The normalized spacial score (nSPS) is 13.5. The van der Waals surface area contributed by atoms with Gasteiger partial charge in [-0.25, -0.2) is 0 Å². The van der Waals surface area contributed by atoms with Gasteiger partial charge in [-0.15, -0.1) is 0 Å². The van der Waals surface area contributed by atoms with Gasteiger partial charge in [0.2, 0.25) is 0 Å². The van der Waals surface area contributed by atoms with E-state index in [0.717, 1.165) is 25.8 Å². The van der Waals surface area contributed by atoms with Crippen LogP contribution in [0, 0.1) is 5.41 Å². The molecule has 0 aromatic heterocycles. The smallest absolute Gasteiger partial charge is 0.0587 e. The lowest BCUT2D eigenvalue weighted by atomic mass is 9.83. The van der Waals surface area contributed by atoms with Gasteiger partial charge in [0.05, 0.1) is 6.61 Å². The van der Waals surface area contributed by atoms with Crippen LogP contribution in [0.25, 0.3) is 0 Å². The number of aliphatic hydroxyl groups is 2. The van der Waals surface area contributed by atoms with Crippen LogP contribution >= 0.6 is 0 Å². The Bertz CT molecular complexity index is 328. The molecule has 0 saturated carbocycles. The quantitative estimate of drug-likeness (QED) is 0.640. The van der Waals surface area contributed by atoms with Crippen molar-refractivity contribution in [2.24, 2.45) is 5.41 Å². The van der Waals surface area contributed by atoms with Gasteiger partial charge in [0.25, 0.3) is 0 Å². The van der Waals surface area contributed by atoms with E-state index >= 15 is 0 Å². The number of hydrogen-bond acceptors (Lipinski definition) is 3. The Kier molecular flexibility index (Phi) is 7.06. The third-order valence-electron chi connectivity index (χ3n) is 4.15. The van der Waals surface area contributed by atoms with Crippen LogP contribution < -0.4 is 5.32 Å².